The molecule has 1 aromatic rings. The number of halogens is 1. The SMILES string of the molecule is COC=C(C(=O)O)c1ccc(Cl)cc1. The first-order valence-corrected chi connectivity index (χ1v) is 4.25. The van der Waals surface area contributed by atoms with Crippen molar-refractivity contribution in [2.24, 2.45) is 0 Å². The van der Waals surface area contributed by atoms with Crippen LogP contribution in [0.4, 0.5) is 0 Å². The molecule has 0 aromatic heterocycles. The third-order valence-corrected chi connectivity index (χ3v) is 1.87. The third-order valence-electron chi connectivity index (χ3n) is 1.62. The van der Waals surface area contributed by atoms with Crippen molar-refractivity contribution in [3.63, 3.8) is 0 Å². The van der Waals surface area contributed by atoms with Gasteiger partial charge in [0.15, 0.2) is 0 Å². The van der Waals surface area contributed by atoms with E-state index in [1.54, 1.807) is 24.3 Å². The van der Waals surface area contributed by atoms with E-state index in [0.717, 1.165) is 0 Å². The van der Waals surface area contributed by atoms with Crippen molar-refractivity contribution in [2.45, 2.75) is 0 Å². The van der Waals surface area contributed by atoms with E-state index in [1.165, 1.54) is 13.4 Å². The Balaban J connectivity index is 3.06. The molecule has 0 bridgehead atoms. The van der Waals surface area contributed by atoms with E-state index in [-0.39, 0.29) is 5.57 Å². The van der Waals surface area contributed by atoms with Crippen LogP contribution in [-0.4, -0.2) is 18.2 Å². The number of benzene rings is 1. The van der Waals surface area contributed by atoms with Crippen molar-refractivity contribution in [1.29, 1.82) is 0 Å². The van der Waals surface area contributed by atoms with Crippen molar-refractivity contribution in [3.05, 3.63) is 41.1 Å². The molecule has 0 heterocycles. The van der Waals surface area contributed by atoms with Gasteiger partial charge in [-0.25, -0.2) is 4.79 Å². The second-order valence-electron chi connectivity index (χ2n) is 2.58. The molecule has 1 aromatic carbocycles. The highest BCUT2D eigenvalue weighted by Crippen LogP contribution is 2.17. The molecule has 0 saturated heterocycles. The summed E-state index contributed by atoms with van der Waals surface area (Å²) in [6.45, 7) is 0. The van der Waals surface area contributed by atoms with E-state index in [1.807, 2.05) is 0 Å². The summed E-state index contributed by atoms with van der Waals surface area (Å²) in [5.41, 5.74) is 0.660. The highest BCUT2D eigenvalue weighted by Gasteiger charge is 2.09. The van der Waals surface area contributed by atoms with Crippen molar-refractivity contribution in [2.75, 3.05) is 7.11 Å². The van der Waals surface area contributed by atoms with Crippen LogP contribution in [0, 0.1) is 0 Å². The van der Waals surface area contributed by atoms with Crippen LogP contribution in [0.3, 0.4) is 0 Å². The zero-order valence-corrected chi connectivity index (χ0v) is 8.28. The van der Waals surface area contributed by atoms with Crippen LogP contribution in [0.2, 0.25) is 5.02 Å². The summed E-state index contributed by atoms with van der Waals surface area (Å²) in [4.78, 5) is 10.8. The van der Waals surface area contributed by atoms with Crippen LogP contribution in [0.15, 0.2) is 30.5 Å². The molecule has 0 unspecified atom stereocenters. The van der Waals surface area contributed by atoms with Gasteiger partial charge in [0.25, 0.3) is 0 Å². The second-order valence-corrected chi connectivity index (χ2v) is 3.02. The summed E-state index contributed by atoms with van der Waals surface area (Å²) in [5.74, 6) is -1.03. The summed E-state index contributed by atoms with van der Waals surface area (Å²) < 4.78 is 4.67. The Kier molecular flexibility index (Phi) is 3.54. The Morgan fingerprint density at radius 3 is 2.43 bits per heavy atom. The molecule has 0 amide bonds. The van der Waals surface area contributed by atoms with Crippen molar-refractivity contribution in [3.8, 4) is 0 Å². The molecule has 0 aliphatic heterocycles. The number of hydrogen-bond acceptors (Lipinski definition) is 2. The van der Waals surface area contributed by atoms with E-state index in [2.05, 4.69) is 4.74 Å². The summed E-state index contributed by atoms with van der Waals surface area (Å²) >= 11 is 5.67. The van der Waals surface area contributed by atoms with E-state index in [4.69, 9.17) is 16.7 Å². The summed E-state index contributed by atoms with van der Waals surface area (Å²) in [6.07, 6.45) is 1.19. The quantitative estimate of drug-likeness (QED) is 0.618. The largest absolute Gasteiger partial charge is 0.503 e. The number of methoxy groups -OCH3 is 1. The van der Waals surface area contributed by atoms with Gasteiger partial charge in [-0.1, -0.05) is 23.7 Å². The van der Waals surface area contributed by atoms with E-state index < -0.39 is 5.97 Å². The van der Waals surface area contributed by atoms with Gasteiger partial charge >= 0.3 is 5.97 Å². The number of carboxylic acid groups (broad SMARTS) is 1. The topological polar surface area (TPSA) is 46.5 Å². The highest BCUT2D eigenvalue weighted by molar-refractivity contribution is 6.30. The van der Waals surface area contributed by atoms with Crippen molar-refractivity contribution >= 4 is 23.1 Å². The molecule has 1 N–H and O–H groups in total. The predicted octanol–water partition coefficient (Wildman–Crippen LogP) is 2.41. The van der Waals surface area contributed by atoms with E-state index >= 15 is 0 Å². The molecule has 0 aliphatic carbocycles. The minimum atomic E-state index is -1.03. The maximum absolute atomic E-state index is 10.8. The van der Waals surface area contributed by atoms with Crippen LogP contribution in [0.5, 0.6) is 0 Å². The molecule has 4 heteroatoms. The highest BCUT2D eigenvalue weighted by atomic mass is 35.5. The number of rotatable bonds is 3. The second kappa shape index (κ2) is 4.67. The third kappa shape index (κ3) is 2.50. The van der Waals surface area contributed by atoms with Crippen LogP contribution in [0.1, 0.15) is 5.56 Å². The first kappa shape index (κ1) is 10.6. The standard InChI is InChI=1S/C10H9ClO3/c1-14-6-9(10(12)13)7-2-4-8(11)5-3-7/h2-6H,1H3,(H,12,13). The zero-order valence-electron chi connectivity index (χ0n) is 7.53. The van der Waals surface area contributed by atoms with Gasteiger partial charge in [-0.05, 0) is 17.7 Å². The number of hydrogen-bond donors (Lipinski definition) is 1. The van der Waals surface area contributed by atoms with Crippen LogP contribution >= 0.6 is 11.6 Å². The molecule has 0 aliphatic rings. The molecule has 14 heavy (non-hydrogen) atoms. The number of carbonyl (C=O) groups is 1. The fraction of sp³-hybridized carbons (Fsp3) is 0.100. The van der Waals surface area contributed by atoms with Gasteiger partial charge in [0.2, 0.25) is 0 Å². The molecular weight excluding hydrogens is 204 g/mol. The number of aliphatic carboxylic acids is 1. The maximum Gasteiger partial charge on any atom is 0.339 e. The lowest BCUT2D eigenvalue weighted by atomic mass is 10.1. The van der Waals surface area contributed by atoms with Crippen LogP contribution < -0.4 is 0 Å². The van der Waals surface area contributed by atoms with E-state index in [0.29, 0.717) is 10.6 Å². The van der Waals surface area contributed by atoms with Gasteiger partial charge in [0.1, 0.15) is 5.57 Å². The van der Waals surface area contributed by atoms with Gasteiger partial charge in [0.05, 0.1) is 13.4 Å². The smallest absolute Gasteiger partial charge is 0.339 e. The Morgan fingerprint density at radius 2 is 2.00 bits per heavy atom. The molecule has 74 valence electrons. The molecule has 0 spiro atoms. The fourth-order valence-electron chi connectivity index (χ4n) is 0.989. The molecule has 1 rings (SSSR count). The van der Waals surface area contributed by atoms with Gasteiger partial charge in [-0.15, -0.1) is 0 Å². The minimum absolute atomic E-state index is 0.101. The first-order chi connectivity index (χ1) is 6.65. The lowest BCUT2D eigenvalue weighted by Gasteiger charge is -2.01. The predicted molar refractivity (Wildman–Crippen MR) is 54.1 cm³/mol. The Bertz CT molecular complexity index is 354. The Hall–Kier alpha value is -1.48. The van der Waals surface area contributed by atoms with Gasteiger partial charge < -0.3 is 9.84 Å². The van der Waals surface area contributed by atoms with Crippen LogP contribution in [0.25, 0.3) is 5.57 Å². The minimum Gasteiger partial charge on any atom is -0.503 e. The summed E-state index contributed by atoms with van der Waals surface area (Å²) in [6, 6.07) is 6.51. The average molecular weight is 213 g/mol. The van der Waals surface area contributed by atoms with Crippen molar-refractivity contribution in [1.82, 2.24) is 0 Å². The summed E-state index contributed by atoms with van der Waals surface area (Å²) in [5, 5.41) is 9.41. The lowest BCUT2D eigenvalue weighted by molar-refractivity contribution is -0.130. The molecule has 0 atom stereocenters. The monoisotopic (exact) mass is 212 g/mol. The fourth-order valence-corrected chi connectivity index (χ4v) is 1.12. The molecule has 3 nitrogen and oxygen atoms in total. The summed E-state index contributed by atoms with van der Waals surface area (Å²) in [7, 11) is 1.40. The number of carboxylic acids is 1. The van der Waals surface area contributed by atoms with Gasteiger partial charge in [0, 0.05) is 5.02 Å². The average Bonchev–Trinajstić information content (AvgIpc) is 2.15. The lowest BCUT2D eigenvalue weighted by Crippen LogP contribution is -1.99. The zero-order chi connectivity index (χ0) is 10.6. The molecule has 0 fully saturated rings. The Morgan fingerprint density at radius 1 is 1.43 bits per heavy atom. The molecular formula is C10H9ClO3. The molecule has 0 saturated carbocycles. The normalized spacial score (nSPS) is 11.1. The Labute approximate surface area is 86.6 Å². The number of ether oxygens (including phenoxy) is 1. The van der Waals surface area contributed by atoms with E-state index in [9.17, 15) is 4.79 Å². The first-order valence-electron chi connectivity index (χ1n) is 3.87. The van der Waals surface area contributed by atoms with Crippen LogP contribution in [-0.2, 0) is 9.53 Å². The molecule has 0 radical (unpaired) electrons. The van der Waals surface area contributed by atoms with Crippen molar-refractivity contribution < 1.29 is 14.6 Å². The van der Waals surface area contributed by atoms with Gasteiger partial charge in [-0.3, -0.25) is 0 Å². The van der Waals surface area contributed by atoms with Gasteiger partial charge in [-0.2, -0.15) is 0 Å². The maximum atomic E-state index is 10.8.